The molecular weight excluding hydrogens is 286 g/mol. The van der Waals surface area contributed by atoms with E-state index in [0.717, 1.165) is 0 Å². The number of likely N-dealkylation sites (N-methyl/N-ethyl adjacent to an activating group) is 1. The zero-order chi connectivity index (χ0) is 17.0. The Labute approximate surface area is 131 Å². The molecule has 7 nitrogen and oxygen atoms in total. The first kappa shape index (κ1) is 18.2. The van der Waals surface area contributed by atoms with E-state index in [1.807, 2.05) is 11.8 Å². The lowest BCUT2D eigenvalue weighted by Crippen LogP contribution is -2.72. The van der Waals surface area contributed by atoms with E-state index in [1.165, 1.54) is 4.90 Å². The van der Waals surface area contributed by atoms with Gasteiger partial charge >= 0.3 is 12.1 Å². The van der Waals surface area contributed by atoms with Crippen molar-refractivity contribution in [2.75, 3.05) is 26.2 Å². The van der Waals surface area contributed by atoms with Crippen LogP contribution < -0.4 is 0 Å². The largest absolute Gasteiger partial charge is 0.481 e. The molecule has 0 saturated carbocycles. The third-order valence-corrected chi connectivity index (χ3v) is 3.65. The zero-order valence-electron chi connectivity index (χ0n) is 13.8. The van der Waals surface area contributed by atoms with Gasteiger partial charge in [0.2, 0.25) is 0 Å². The topological polar surface area (TPSA) is 93.9 Å². The number of carbonyl (C=O) groups is 2. The predicted molar refractivity (Wildman–Crippen MR) is 80.3 cm³/mol. The summed E-state index contributed by atoms with van der Waals surface area (Å²) in [4.78, 5) is 26.7. The quantitative estimate of drug-likeness (QED) is 0.802. The molecule has 1 saturated heterocycles. The summed E-state index contributed by atoms with van der Waals surface area (Å²) in [5.74, 6) is -0.903. The summed E-state index contributed by atoms with van der Waals surface area (Å²) >= 11 is 0. The monoisotopic (exact) mass is 311 g/mol. The van der Waals surface area contributed by atoms with Crippen LogP contribution in [0.4, 0.5) is 4.79 Å². The molecule has 0 unspecified atom stereocenters. The van der Waals surface area contributed by atoms with Crippen molar-refractivity contribution in [1.29, 1.82) is 5.26 Å². The minimum Gasteiger partial charge on any atom is -0.481 e. The number of aliphatic carboxylic acids is 1. The minimum absolute atomic E-state index is 0.0500. The maximum atomic E-state index is 12.0. The van der Waals surface area contributed by atoms with E-state index in [0.29, 0.717) is 32.6 Å². The molecule has 1 amide bonds. The van der Waals surface area contributed by atoms with Gasteiger partial charge in [0.15, 0.2) is 0 Å². The molecule has 0 aromatic rings. The maximum absolute atomic E-state index is 12.0. The van der Waals surface area contributed by atoms with Crippen LogP contribution in [0.5, 0.6) is 0 Å². The van der Waals surface area contributed by atoms with Gasteiger partial charge in [-0.05, 0) is 27.3 Å². The Morgan fingerprint density at radius 3 is 2.41 bits per heavy atom. The second-order valence-corrected chi connectivity index (χ2v) is 6.62. The van der Waals surface area contributed by atoms with Crippen molar-refractivity contribution in [3.63, 3.8) is 0 Å². The number of nitriles is 1. The van der Waals surface area contributed by atoms with Crippen LogP contribution in [0.3, 0.4) is 0 Å². The number of hydrogen-bond donors (Lipinski definition) is 1. The predicted octanol–water partition coefficient (Wildman–Crippen LogP) is 1.69. The molecule has 0 spiro atoms. The van der Waals surface area contributed by atoms with Crippen LogP contribution in [0.2, 0.25) is 0 Å². The second kappa shape index (κ2) is 6.97. The molecular formula is C15H25N3O4. The van der Waals surface area contributed by atoms with Gasteiger partial charge in [0, 0.05) is 26.1 Å². The van der Waals surface area contributed by atoms with Crippen molar-refractivity contribution in [2.45, 2.75) is 51.7 Å². The lowest BCUT2D eigenvalue weighted by atomic mass is 9.84. The van der Waals surface area contributed by atoms with E-state index < -0.39 is 23.2 Å². The number of carboxylic acids is 1. The first-order valence-corrected chi connectivity index (χ1v) is 7.45. The average Bonchev–Trinajstić information content (AvgIpc) is 2.32. The van der Waals surface area contributed by atoms with E-state index in [-0.39, 0.29) is 6.42 Å². The highest BCUT2D eigenvalue weighted by Gasteiger charge is 2.51. The number of amides is 1. The summed E-state index contributed by atoms with van der Waals surface area (Å²) in [6, 6.07) is 2.08. The molecule has 1 fully saturated rings. The fourth-order valence-electron chi connectivity index (χ4n) is 2.74. The lowest BCUT2D eigenvalue weighted by molar-refractivity contribution is -0.145. The summed E-state index contributed by atoms with van der Waals surface area (Å²) in [7, 11) is 0. The van der Waals surface area contributed by atoms with Gasteiger partial charge in [-0.1, -0.05) is 6.92 Å². The van der Waals surface area contributed by atoms with Crippen LogP contribution in [0.1, 0.15) is 40.5 Å². The Hall–Kier alpha value is -1.81. The van der Waals surface area contributed by atoms with Gasteiger partial charge in [-0.3, -0.25) is 9.69 Å². The number of nitrogens with zero attached hydrogens (tertiary/aromatic N) is 3. The molecule has 1 rings (SSSR count). The van der Waals surface area contributed by atoms with Crippen molar-refractivity contribution < 1.29 is 19.4 Å². The standard InChI is InChI=1S/C15H25N3O4/c1-5-18(8-6-7-16)15(9-12(19)20)10-17(11-15)13(21)22-14(2,3)4/h5-6,8-11H2,1-4H3,(H,19,20). The van der Waals surface area contributed by atoms with Gasteiger partial charge in [0.25, 0.3) is 0 Å². The van der Waals surface area contributed by atoms with E-state index in [9.17, 15) is 9.59 Å². The molecule has 0 atom stereocenters. The highest BCUT2D eigenvalue weighted by molar-refractivity contribution is 5.73. The Kier molecular flexibility index (Phi) is 5.78. The number of ether oxygens (including phenoxy) is 1. The fraction of sp³-hybridized carbons (Fsp3) is 0.800. The smallest absolute Gasteiger partial charge is 0.410 e. The molecule has 124 valence electrons. The number of carboxylic acid groups (broad SMARTS) is 1. The summed E-state index contributed by atoms with van der Waals surface area (Å²) in [5, 5.41) is 17.9. The molecule has 1 N–H and O–H groups in total. The van der Waals surface area contributed by atoms with Crippen LogP contribution in [-0.4, -0.2) is 64.3 Å². The van der Waals surface area contributed by atoms with Gasteiger partial charge in [0.1, 0.15) is 5.60 Å². The first-order chi connectivity index (χ1) is 10.1. The molecule has 0 bridgehead atoms. The van der Waals surface area contributed by atoms with Crippen LogP contribution in [0.25, 0.3) is 0 Å². The van der Waals surface area contributed by atoms with Crippen molar-refractivity contribution in [1.82, 2.24) is 9.80 Å². The van der Waals surface area contributed by atoms with E-state index in [2.05, 4.69) is 6.07 Å². The molecule has 0 radical (unpaired) electrons. The molecule has 0 aromatic heterocycles. The maximum Gasteiger partial charge on any atom is 0.410 e. The van der Waals surface area contributed by atoms with Crippen molar-refractivity contribution in [3.05, 3.63) is 0 Å². The molecule has 1 heterocycles. The van der Waals surface area contributed by atoms with Crippen LogP contribution in [0.15, 0.2) is 0 Å². The molecule has 0 aliphatic carbocycles. The SMILES string of the molecule is CCN(CCC#N)C1(CC(=O)O)CN(C(=O)OC(C)(C)C)C1. The number of rotatable bonds is 6. The zero-order valence-corrected chi connectivity index (χ0v) is 13.8. The first-order valence-electron chi connectivity index (χ1n) is 7.45. The lowest BCUT2D eigenvalue weighted by Gasteiger charge is -2.54. The minimum atomic E-state index is -0.903. The van der Waals surface area contributed by atoms with E-state index in [1.54, 1.807) is 20.8 Å². The molecule has 0 aromatic carbocycles. The van der Waals surface area contributed by atoms with Crippen molar-refractivity contribution in [3.8, 4) is 6.07 Å². The second-order valence-electron chi connectivity index (χ2n) is 6.62. The molecule has 22 heavy (non-hydrogen) atoms. The van der Waals surface area contributed by atoms with Crippen LogP contribution >= 0.6 is 0 Å². The summed E-state index contributed by atoms with van der Waals surface area (Å²) in [6.07, 6.45) is -0.141. The highest BCUT2D eigenvalue weighted by Crippen LogP contribution is 2.32. The summed E-state index contributed by atoms with van der Waals surface area (Å²) in [5.41, 5.74) is -1.18. The normalized spacial score (nSPS) is 16.8. The van der Waals surface area contributed by atoms with Crippen molar-refractivity contribution >= 4 is 12.1 Å². The Morgan fingerprint density at radius 2 is 2.00 bits per heavy atom. The summed E-state index contributed by atoms with van der Waals surface area (Å²) < 4.78 is 5.30. The van der Waals surface area contributed by atoms with Gasteiger partial charge in [-0.15, -0.1) is 0 Å². The van der Waals surface area contributed by atoms with Gasteiger partial charge in [-0.25, -0.2) is 4.79 Å². The van der Waals surface area contributed by atoms with Gasteiger partial charge in [0.05, 0.1) is 18.0 Å². The van der Waals surface area contributed by atoms with E-state index in [4.69, 9.17) is 15.1 Å². The summed E-state index contributed by atoms with van der Waals surface area (Å²) in [6.45, 7) is 9.07. The number of carbonyl (C=O) groups excluding carboxylic acids is 1. The molecule has 1 aliphatic rings. The third-order valence-electron chi connectivity index (χ3n) is 3.65. The van der Waals surface area contributed by atoms with Gasteiger partial charge < -0.3 is 14.7 Å². The number of likely N-dealkylation sites (tertiary alicyclic amines) is 1. The highest BCUT2D eigenvalue weighted by atomic mass is 16.6. The Bertz CT molecular complexity index is 458. The third kappa shape index (κ3) is 4.60. The average molecular weight is 311 g/mol. The van der Waals surface area contributed by atoms with Gasteiger partial charge in [-0.2, -0.15) is 5.26 Å². The molecule has 7 heteroatoms. The van der Waals surface area contributed by atoms with Crippen LogP contribution in [-0.2, 0) is 9.53 Å². The van der Waals surface area contributed by atoms with Crippen molar-refractivity contribution in [2.24, 2.45) is 0 Å². The Morgan fingerprint density at radius 1 is 1.41 bits per heavy atom. The van der Waals surface area contributed by atoms with E-state index >= 15 is 0 Å². The van der Waals surface area contributed by atoms with Crippen LogP contribution in [0, 0.1) is 11.3 Å². The molecule has 1 aliphatic heterocycles. The number of hydrogen-bond acceptors (Lipinski definition) is 5. The Balaban J connectivity index is 2.76. The fourth-order valence-corrected chi connectivity index (χ4v) is 2.74.